The lowest BCUT2D eigenvalue weighted by atomic mass is 9.73. The lowest BCUT2D eigenvalue weighted by molar-refractivity contribution is -0.0854. The molecular weight excluding hydrogens is 304 g/mol. The topological polar surface area (TPSA) is 80.9 Å². The first-order valence-corrected chi connectivity index (χ1v) is 8.50. The molecule has 0 aliphatic rings. The van der Waals surface area contributed by atoms with Gasteiger partial charge in [-0.25, -0.2) is 0 Å². The van der Waals surface area contributed by atoms with Gasteiger partial charge in [0.25, 0.3) is 0 Å². The van der Waals surface area contributed by atoms with Gasteiger partial charge in [0.1, 0.15) is 0 Å². The quantitative estimate of drug-likeness (QED) is 0.665. The van der Waals surface area contributed by atoms with E-state index in [2.05, 4.69) is 47.6 Å². The van der Waals surface area contributed by atoms with Crippen molar-refractivity contribution in [2.75, 3.05) is 19.8 Å². The van der Waals surface area contributed by atoms with E-state index in [1.54, 1.807) is 0 Å². The molecule has 0 saturated carbocycles. The van der Waals surface area contributed by atoms with Gasteiger partial charge in [-0.05, 0) is 40.0 Å². The molecule has 0 aliphatic carbocycles. The van der Waals surface area contributed by atoms with Crippen LogP contribution in [0.3, 0.4) is 0 Å². The maximum Gasteiger partial charge on any atom is 0.0915 e. The third-order valence-electron chi connectivity index (χ3n) is 4.94. The highest BCUT2D eigenvalue weighted by Crippen LogP contribution is 2.40. The predicted molar refractivity (Wildman–Crippen MR) is 97.2 cm³/mol. The fourth-order valence-electron chi connectivity index (χ4n) is 2.97. The second kappa shape index (κ2) is 7.12. The number of rotatable bonds is 5. The van der Waals surface area contributed by atoms with Crippen LogP contribution in [0.4, 0.5) is 0 Å². The van der Waals surface area contributed by atoms with Crippen molar-refractivity contribution in [1.82, 2.24) is 0 Å². The largest absolute Gasteiger partial charge is 0.395 e. The Bertz CT molecular complexity index is 552. The molecule has 0 aliphatic heterocycles. The summed E-state index contributed by atoms with van der Waals surface area (Å²) in [4.78, 5) is 0. The molecule has 1 atom stereocenters. The molecule has 0 fully saturated rings. The third kappa shape index (κ3) is 3.99. The second-order valence-corrected chi connectivity index (χ2v) is 8.98. The Hall–Kier alpha value is -0.940. The van der Waals surface area contributed by atoms with E-state index in [4.69, 9.17) is 0 Å². The zero-order valence-corrected chi connectivity index (χ0v) is 16.1. The highest BCUT2D eigenvalue weighted by atomic mass is 16.3. The van der Waals surface area contributed by atoms with Crippen LogP contribution in [-0.2, 0) is 10.8 Å². The summed E-state index contributed by atoms with van der Waals surface area (Å²) in [6, 6.07) is 4.11. The zero-order valence-electron chi connectivity index (χ0n) is 16.1. The van der Waals surface area contributed by atoms with Crippen molar-refractivity contribution < 1.29 is 20.4 Å². The first-order chi connectivity index (χ1) is 10.8. The van der Waals surface area contributed by atoms with Gasteiger partial charge in [0.2, 0.25) is 0 Å². The summed E-state index contributed by atoms with van der Waals surface area (Å²) < 4.78 is 0. The Balaban J connectivity index is 3.69. The number of hydrogen-bond donors (Lipinski definition) is 4. The van der Waals surface area contributed by atoms with Crippen LogP contribution in [0, 0.1) is 12.3 Å². The normalized spacial score (nSPS) is 14.8. The second-order valence-electron chi connectivity index (χ2n) is 8.98. The number of benzene rings is 1. The predicted octanol–water partition coefficient (Wildman–Crippen LogP) is 2.59. The van der Waals surface area contributed by atoms with Crippen LogP contribution >= 0.6 is 0 Å². The molecule has 0 saturated heterocycles. The van der Waals surface area contributed by atoms with Gasteiger partial charge in [0.05, 0.1) is 31.3 Å². The Morgan fingerprint density at radius 2 is 1.29 bits per heavy atom. The summed E-state index contributed by atoms with van der Waals surface area (Å²) in [5, 5.41) is 39.9. The first kappa shape index (κ1) is 21.1. The summed E-state index contributed by atoms with van der Waals surface area (Å²) >= 11 is 0. The SMILES string of the molecule is Cc1c(C(O)C(CO)(CO)CO)cc(C(C)(C)C)cc1C(C)(C)C. The summed E-state index contributed by atoms with van der Waals surface area (Å²) in [6.07, 6.45) is -1.15. The van der Waals surface area contributed by atoms with E-state index in [0.29, 0.717) is 5.56 Å². The van der Waals surface area contributed by atoms with Crippen molar-refractivity contribution >= 4 is 0 Å². The zero-order chi connectivity index (χ0) is 18.9. The van der Waals surface area contributed by atoms with Crippen LogP contribution < -0.4 is 0 Å². The van der Waals surface area contributed by atoms with Crippen LogP contribution in [0.25, 0.3) is 0 Å². The molecule has 138 valence electrons. The van der Waals surface area contributed by atoms with E-state index >= 15 is 0 Å². The van der Waals surface area contributed by atoms with E-state index in [-0.39, 0.29) is 10.8 Å². The standard InChI is InChI=1S/C20H34O4/c1-13-15(17(24)20(10-21,11-22)12-23)8-14(18(2,3)4)9-16(13)19(5,6)7/h8-9,17,21-24H,10-12H2,1-7H3. The van der Waals surface area contributed by atoms with Gasteiger partial charge in [0, 0.05) is 0 Å². The average Bonchev–Trinajstić information content (AvgIpc) is 2.47. The molecule has 1 aromatic carbocycles. The Labute approximate surface area is 146 Å². The van der Waals surface area contributed by atoms with E-state index in [9.17, 15) is 20.4 Å². The number of aliphatic hydroxyl groups excluding tert-OH is 4. The molecule has 4 N–H and O–H groups in total. The number of aliphatic hydroxyl groups is 4. The van der Waals surface area contributed by atoms with Crippen LogP contribution in [0.5, 0.6) is 0 Å². The van der Waals surface area contributed by atoms with Gasteiger partial charge in [-0.1, -0.05) is 53.7 Å². The van der Waals surface area contributed by atoms with Gasteiger partial charge < -0.3 is 20.4 Å². The molecule has 1 unspecified atom stereocenters. The van der Waals surface area contributed by atoms with E-state index < -0.39 is 31.3 Å². The highest BCUT2D eigenvalue weighted by Gasteiger charge is 2.39. The fourth-order valence-corrected chi connectivity index (χ4v) is 2.97. The minimum Gasteiger partial charge on any atom is -0.395 e. The lowest BCUT2D eigenvalue weighted by Gasteiger charge is -2.36. The van der Waals surface area contributed by atoms with Crippen molar-refractivity contribution in [3.05, 3.63) is 34.4 Å². The van der Waals surface area contributed by atoms with Crippen LogP contribution in [0.2, 0.25) is 0 Å². The Morgan fingerprint density at radius 1 is 0.833 bits per heavy atom. The molecule has 0 aromatic heterocycles. The fraction of sp³-hybridized carbons (Fsp3) is 0.700. The van der Waals surface area contributed by atoms with Crippen molar-refractivity contribution in [3.8, 4) is 0 Å². The third-order valence-corrected chi connectivity index (χ3v) is 4.94. The first-order valence-electron chi connectivity index (χ1n) is 8.50. The Morgan fingerprint density at radius 3 is 1.62 bits per heavy atom. The molecule has 4 nitrogen and oxygen atoms in total. The van der Waals surface area contributed by atoms with Gasteiger partial charge in [-0.2, -0.15) is 0 Å². The summed E-state index contributed by atoms with van der Waals surface area (Å²) in [5.41, 5.74) is 2.20. The Kier molecular flexibility index (Phi) is 6.26. The van der Waals surface area contributed by atoms with Gasteiger partial charge in [-0.15, -0.1) is 0 Å². The van der Waals surface area contributed by atoms with E-state index in [1.165, 1.54) is 0 Å². The van der Waals surface area contributed by atoms with Crippen LogP contribution in [-0.4, -0.2) is 40.2 Å². The van der Waals surface area contributed by atoms with Gasteiger partial charge in [-0.3, -0.25) is 0 Å². The molecule has 4 heteroatoms. The van der Waals surface area contributed by atoms with Crippen molar-refractivity contribution in [3.63, 3.8) is 0 Å². The van der Waals surface area contributed by atoms with Crippen molar-refractivity contribution in [2.45, 2.75) is 65.4 Å². The maximum absolute atomic E-state index is 10.9. The molecule has 0 bridgehead atoms. The molecule has 0 spiro atoms. The minimum absolute atomic E-state index is 0.109. The van der Waals surface area contributed by atoms with Gasteiger partial charge >= 0.3 is 0 Å². The van der Waals surface area contributed by atoms with Crippen LogP contribution in [0.15, 0.2) is 12.1 Å². The summed E-state index contributed by atoms with van der Waals surface area (Å²) in [5.74, 6) is 0. The summed E-state index contributed by atoms with van der Waals surface area (Å²) in [6.45, 7) is 13.1. The average molecular weight is 338 g/mol. The van der Waals surface area contributed by atoms with Gasteiger partial charge in [0.15, 0.2) is 0 Å². The molecule has 0 heterocycles. The molecule has 0 amide bonds. The molecule has 24 heavy (non-hydrogen) atoms. The molecule has 0 radical (unpaired) electrons. The molecule has 1 rings (SSSR count). The molecule has 1 aromatic rings. The smallest absolute Gasteiger partial charge is 0.0915 e. The van der Waals surface area contributed by atoms with Crippen LogP contribution in [0.1, 0.15) is 69.9 Å². The monoisotopic (exact) mass is 338 g/mol. The molecular formula is C20H34O4. The van der Waals surface area contributed by atoms with E-state index in [1.807, 2.05) is 13.0 Å². The summed E-state index contributed by atoms with van der Waals surface area (Å²) in [7, 11) is 0. The minimum atomic E-state index is -1.36. The van der Waals surface area contributed by atoms with E-state index in [0.717, 1.165) is 16.7 Å². The lowest BCUT2D eigenvalue weighted by Crippen LogP contribution is -2.40. The van der Waals surface area contributed by atoms with Crippen molar-refractivity contribution in [1.29, 1.82) is 0 Å². The highest BCUT2D eigenvalue weighted by molar-refractivity contribution is 5.45. The number of hydrogen-bond acceptors (Lipinski definition) is 4. The van der Waals surface area contributed by atoms with Crippen molar-refractivity contribution in [2.24, 2.45) is 5.41 Å². The maximum atomic E-state index is 10.9.